The normalized spacial score (nSPS) is 49.1. The second kappa shape index (κ2) is 5.04. The van der Waals surface area contributed by atoms with Crippen LogP contribution in [0.1, 0.15) is 45.4 Å². The van der Waals surface area contributed by atoms with Crippen LogP contribution in [0.25, 0.3) is 0 Å². The first kappa shape index (κ1) is 12.6. The maximum absolute atomic E-state index is 3.63. The van der Waals surface area contributed by atoms with E-state index in [0.717, 1.165) is 42.2 Å². The van der Waals surface area contributed by atoms with Crippen LogP contribution >= 0.6 is 0 Å². The zero-order valence-electron chi connectivity index (χ0n) is 12.5. The molecular weight excluding hydrogens is 232 g/mol. The summed E-state index contributed by atoms with van der Waals surface area (Å²) >= 11 is 0. The van der Waals surface area contributed by atoms with Gasteiger partial charge in [0.25, 0.3) is 0 Å². The molecule has 1 atom stereocenters. The SMILES string of the molecule is CCNC1CCN(CC2C3CC4CC(C3)CC2C4)C1. The highest BCUT2D eigenvalue weighted by Crippen LogP contribution is 2.56. The molecule has 4 aliphatic carbocycles. The van der Waals surface area contributed by atoms with Gasteiger partial charge in [-0.2, -0.15) is 0 Å². The Morgan fingerprint density at radius 3 is 2.32 bits per heavy atom. The van der Waals surface area contributed by atoms with Crippen molar-refractivity contribution in [3.63, 3.8) is 0 Å². The summed E-state index contributed by atoms with van der Waals surface area (Å²) in [5.74, 6) is 5.54. The monoisotopic (exact) mass is 262 g/mol. The molecule has 0 aromatic rings. The van der Waals surface area contributed by atoms with E-state index in [1.54, 1.807) is 32.1 Å². The molecule has 1 aliphatic heterocycles. The summed E-state index contributed by atoms with van der Waals surface area (Å²) in [6.45, 7) is 7.46. The minimum atomic E-state index is 0.779. The maximum Gasteiger partial charge on any atom is 0.0207 e. The average Bonchev–Trinajstić information content (AvgIpc) is 2.81. The van der Waals surface area contributed by atoms with Crippen molar-refractivity contribution in [2.24, 2.45) is 29.6 Å². The molecule has 4 bridgehead atoms. The number of hydrogen-bond donors (Lipinski definition) is 1. The van der Waals surface area contributed by atoms with Gasteiger partial charge in [-0.1, -0.05) is 6.92 Å². The van der Waals surface area contributed by atoms with Gasteiger partial charge in [0.05, 0.1) is 0 Å². The predicted octanol–water partition coefficient (Wildman–Crippen LogP) is 2.74. The van der Waals surface area contributed by atoms with Crippen molar-refractivity contribution in [1.82, 2.24) is 10.2 Å². The van der Waals surface area contributed by atoms with Gasteiger partial charge < -0.3 is 10.2 Å². The number of likely N-dealkylation sites (N-methyl/N-ethyl adjacent to an activating group) is 1. The van der Waals surface area contributed by atoms with Gasteiger partial charge in [-0.15, -0.1) is 0 Å². The van der Waals surface area contributed by atoms with Crippen LogP contribution in [-0.4, -0.2) is 37.1 Å². The van der Waals surface area contributed by atoms with Gasteiger partial charge in [-0.3, -0.25) is 0 Å². The van der Waals surface area contributed by atoms with Crippen LogP contribution in [-0.2, 0) is 0 Å². The van der Waals surface area contributed by atoms with E-state index in [1.807, 2.05) is 0 Å². The summed E-state index contributed by atoms with van der Waals surface area (Å²) in [6.07, 6.45) is 9.31. The largest absolute Gasteiger partial charge is 0.313 e. The van der Waals surface area contributed by atoms with E-state index in [0.29, 0.717) is 0 Å². The van der Waals surface area contributed by atoms with Gasteiger partial charge in [-0.05, 0) is 81.2 Å². The Morgan fingerprint density at radius 2 is 1.68 bits per heavy atom. The van der Waals surface area contributed by atoms with Crippen molar-refractivity contribution in [1.29, 1.82) is 0 Å². The molecule has 5 rings (SSSR count). The van der Waals surface area contributed by atoms with Crippen molar-refractivity contribution < 1.29 is 0 Å². The van der Waals surface area contributed by atoms with E-state index >= 15 is 0 Å². The third-order valence-corrected chi connectivity index (χ3v) is 6.66. The Kier molecular flexibility index (Phi) is 3.35. The first-order valence-electron chi connectivity index (χ1n) is 8.77. The van der Waals surface area contributed by atoms with Crippen molar-refractivity contribution in [3.05, 3.63) is 0 Å². The fourth-order valence-electron chi connectivity index (χ4n) is 6.09. The standard InChI is InChI=1S/C17H30N2/c1-2-18-16-3-4-19(10-16)11-17-14-6-12-5-13(8-14)9-15(17)7-12/h12-18H,2-11H2,1H3. The lowest BCUT2D eigenvalue weighted by molar-refractivity contribution is -0.0470. The van der Waals surface area contributed by atoms with Crippen LogP contribution in [0.15, 0.2) is 0 Å². The summed E-state index contributed by atoms with van der Waals surface area (Å²) in [5, 5.41) is 3.63. The lowest BCUT2D eigenvalue weighted by Crippen LogP contribution is -2.49. The Balaban J connectivity index is 1.36. The lowest BCUT2D eigenvalue weighted by Gasteiger charge is -2.55. The Morgan fingerprint density at radius 1 is 1.00 bits per heavy atom. The average molecular weight is 262 g/mol. The van der Waals surface area contributed by atoms with Crippen LogP contribution in [0.5, 0.6) is 0 Å². The van der Waals surface area contributed by atoms with Crippen molar-refractivity contribution >= 4 is 0 Å². The fourth-order valence-corrected chi connectivity index (χ4v) is 6.09. The third-order valence-electron chi connectivity index (χ3n) is 6.66. The summed E-state index contributed by atoms with van der Waals surface area (Å²) in [7, 11) is 0. The van der Waals surface area contributed by atoms with E-state index in [9.17, 15) is 0 Å². The first-order chi connectivity index (χ1) is 9.31. The first-order valence-corrected chi connectivity index (χ1v) is 8.77. The topological polar surface area (TPSA) is 15.3 Å². The molecule has 5 fully saturated rings. The van der Waals surface area contributed by atoms with Gasteiger partial charge in [-0.25, -0.2) is 0 Å². The molecule has 1 unspecified atom stereocenters. The highest BCUT2D eigenvalue weighted by atomic mass is 15.2. The van der Waals surface area contributed by atoms with Crippen molar-refractivity contribution in [2.45, 2.75) is 51.5 Å². The van der Waals surface area contributed by atoms with Gasteiger partial charge in [0, 0.05) is 19.1 Å². The molecule has 1 saturated heterocycles. The van der Waals surface area contributed by atoms with E-state index in [-0.39, 0.29) is 0 Å². The van der Waals surface area contributed by atoms with E-state index in [2.05, 4.69) is 17.1 Å². The maximum atomic E-state index is 3.63. The molecule has 5 aliphatic rings. The van der Waals surface area contributed by atoms with Crippen molar-refractivity contribution in [2.75, 3.05) is 26.2 Å². The van der Waals surface area contributed by atoms with E-state index in [4.69, 9.17) is 0 Å². The smallest absolute Gasteiger partial charge is 0.0207 e. The van der Waals surface area contributed by atoms with Crippen molar-refractivity contribution in [3.8, 4) is 0 Å². The summed E-state index contributed by atoms with van der Waals surface area (Å²) in [4.78, 5) is 2.78. The van der Waals surface area contributed by atoms with Gasteiger partial charge in [0.15, 0.2) is 0 Å². The molecule has 0 aromatic carbocycles. The third kappa shape index (κ3) is 2.35. The summed E-state index contributed by atoms with van der Waals surface area (Å²) in [6, 6.07) is 0.779. The number of likely N-dealkylation sites (tertiary alicyclic amines) is 1. The van der Waals surface area contributed by atoms with E-state index < -0.39 is 0 Å². The van der Waals surface area contributed by atoms with Crippen LogP contribution < -0.4 is 5.32 Å². The molecule has 108 valence electrons. The minimum absolute atomic E-state index is 0.779. The Hall–Kier alpha value is -0.0800. The molecule has 4 saturated carbocycles. The minimum Gasteiger partial charge on any atom is -0.313 e. The highest BCUT2D eigenvalue weighted by molar-refractivity contribution is 4.99. The number of rotatable bonds is 4. The number of nitrogens with one attached hydrogen (secondary N) is 1. The zero-order chi connectivity index (χ0) is 12.8. The van der Waals surface area contributed by atoms with Gasteiger partial charge in [0.2, 0.25) is 0 Å². The molecule has 19 heavy (non-hydrogen) atoms. The van der Waals surface area contributed by atoms with Crippen LogP contribution in [0, 0.1) is 29.6 Å². The molecule has 2 heteroatoms. The number of hydrogen-bond acceptors (Lipinski definition) is 2. The second-order valence-corrected chi connectivity index (χ2v) is 7.90. The molecule has 0 amide bonds. The molecule has 0 spiro atoms. The van der Waals surface area contributed by atoms with Crippen LogP contribution in [0.3, 0.4) is 0 Å². The quantitative estimate of drug-likeness (QED) is 0.838. The Labute approximate surface area is 118 Å². The molecule has 1 N–H and O–H groups in total. The van der Waals surface area contributed by atoms with E-state index in [1.165, 1.54) is 26.1 Å². The molecule has 0 radical (unpaired) electrons. The highest BCUT2D eigenvalue weighted by Gasteiger charge is 2.48. The predicted molar refractivity (Wildman–Crippen MR) is 79.1 cm³/mol. The van der Waals surface area contributed by atoms with Gasteiger partial charge >= 0.3 is 0 Å². The lowest BCUT2D eigenvalue weighted by atomic mass is 9.52. The fraction of sp³-hybridized carbons (Fsp3) is 1.00. The van der Waals surface area contributed by atoms with Crippen LogP contribution in [0.4, 0.5) is 0 Å². The van der Waals surface area contributed by atoms with Crippen LogP contribution in [0.2, 0.25) is 0 Å². The molecule has 0 aromatic heterocycles. The molecule has 2 nitrogen and oxygen atoms in total. The molecular formula is C17H30N2. The summed E-state index contributed by atoms with van der Waals surface area (Å²) < 4.78 is 0. The Bertz CT molecular complexity index is 299. The van der Waals surface area contributed by atoms with Gasteiger partial charge in [0.1, 0.15) is 0 Å². The zero-order valence-corrected chi connectivity index (χ0v) is 12.5. The summed E-state index contributed by atoms with van der Waals surface area (Å²) in [5.41, 5.74) is 0. The second-order valence-electron chi connectivity index (χ2n) is 7.90. The molecule has 1 heterocycles. The number of nitrogens with zero attached hydrogens (tertiary/aromatic N) is 1.